The number of fused-ring (bicyclic) bond motifs is 1. The van der Waals surface area contributed by atoms with Crippen LogP contribution in [0.5, 0.6) is 11.5 Å². The van der Waals surface area contributed by atoms with E-state index >= 15 is 0 Å². The number of carbonyl (C=O) groups excluding carboxylic acids is 1. The molecule has 0 aliphatic carbocycles. The van der Waals surface area contributed by atoms with Gasteiger partial charge in [-0.3, -0.25) is 0 Å². The Balaban J connectivity index is 1.24. The first kappa shape index (κ1) is 31.0. The molecule has 0 bridgehead atoms. The highest BCUT2D eigenvalue weighted by atomic mass is 16.6. The van der Waals surface area contributed by atoms with Crippen molar-refractivity contribution in [3.8, 4) is 11.5 Å². The molecule has 0 saturated carbocycles. The smallest absolute Gasteiger partial charge is 0.425 e. The van der Waals surface area contributed by atoms with E-state index in [0.29, 0.717) is 35.5 Å². The van der Waals surface area contributed by atoms with Crippen LogP contribution in [0.2, 0.25) is 0 Å². The molecule has 0 spiro atoms. The van der Waals surface area contributed by atoms with E-state index in [0.717, 1.165) is 47.6 Å². The number of likely N-dealkylation sites (tertiary alicyclic amines) is 1. The van der Waals surface area contributed by atoms with Crippen molar-refractivity contribution >= 4 is 34.9 Å². The maximum absolute atomic E-state index is 14.0. The summed E-state index contributed by atoms with van der Waals surface area (Å²) in [5.74, 6) is 1.96. The molecule has 1 aliphatic heterocycles. The monoisotopic (exact) mass is 619 g/mol. The molecule has 10 heteroatoms. The molecule has 1 aliphatic rings. The zero-order chi connectivity index (χ0) is 31.9. The minimum atomic E-state index is -0.601. The third kappa shape index (κ3) is 7.29. The van der Waals surface area contributed by atoms with E-state index in [1.54, 1.807) is 12.3 Å². The predicted octanol–water partition coefficient (Wildman–Crippen LogP) is 7.64. The summed E-state index contributed by atoms with van der Waals surface area (Å²) in [6, 6.07) is 18.9. The van der Waals surface area contributed by atoms with Gasteiger partial charge in [-0.2, -0.15) is 4.98 Å². The van der Waals surface area contributed by atoms with Crippen molar-refractivity contribution < 1.29 is 14.3 Å². The number of hydrogen-bond acceptors (Lipinski definition) is 8. The van der Waals surface area contributed by atoms with Crippen molar-refractivity contribution in [1.82, 2.24) is 24.3 Å². The number of anilines is 4. The summed E-state index contributed by atoms with van der Waals surface area (Å²) in [5, 5.41) is 3.28. The average Bonchev–Trinajstić information content (AvgIpc) is 3.51. The standard InChI is InChI=1S/C36H41N7O3/c1-4-28-25-42-22-10-16-31(34(42)38-28)43(36(44)46-33-26(2)12-8-13-27(33)3)32-17-18-37-35(40-32)39-29-14-9-15-30(24-29)45-23-11-21-41-19-6-5-7-20-41/h8-10,12-18,22,24-25H,4-7,11,19-21,23H2,1-3H3,(H,37,39,40). The zero-order valence-corrected chi connectivity index (χ0v) is 26.8. The minimum absolute atomic E-state index is 0.328. The second-order valence-corrected chi connectivity index (χ2v) is 11.6. The van der Waals surface area contributed by atoms with Gasteiger partial charge in [0, 0.05) is 43.0 Å². The Morgan fingerprint density at radius 3 is 2.59 bits per heavy atom. The summed E-state index contributed by atoms with van der Waals surface area (Å²) in [7, 11) is 0. The van der Waals surface area contributed by atoms with Gasteiger partial charge in [0.2, 0.25) is 5.95 Å². The molecule has 0 radical (unpaired) electrons. The molecular formula is C36H41N7O3. The fraction of sp³-hybridized carbons (Fsp3) is 0.333. The molecule has 3 aromatic heterocycles. The fourth-order valence-corrected chi connectivity index (χ4v) is 5.79. The molecule has 0 unspecified atom stereocenters. The molecule has 1 fully saturated rings. The maximum atomic E-state index is 14.0. The second kappa shape index (κ2) is 14.4. The Morgan fingerprint density at radius 1 is 0.978 bits per heavy atom. The lowest BCUT2D eigenvalue weighted by molar-refractivity contribution is 0.205. The summed E-state index contributed by atoms with van der Waals surface area (Å²) in [4.78, 5) is 32.0. The average molecular weight is 620 g/mol. The van der Waals surface area contributed by atoms with E-state index in [9.17, 15) is 4.79 Å². The van der Waals surface area contributed by atoms with Crippen LogP contribution < -0.4 is 19.7 Å². The highest BCUT2D eigenvalue weighted by Gasteiger charge is 2.26. The number of nitrogens with one attached hydrogen (secondary N) is 1. The van der Waals surface area contributed by atoms with Crippen LogP contribution in [0.3, 0.4) is 0 Å². The summed E-state index contributed by atoms with van der Waals surface area (Å²) < 4.78 is 14.0. The quantitative estimate of drug-likeness (QED) is 0.151. The first-order valence-corrected chi connectivity index (χ1v) is 16.1. The van der Waals surface area contributed by atoms with Crippen LogP contribution in [0.4, 0.5) is 27.9 Å². The van der Waals surface area contributed by atoms with Gasteiger partial charge in [0.05, 0.1) is 18.0 Å². The maximum Gasteiger partial charge on any atom is 0.425 e. The summed E-state index contributed by atoms with van der Waals surface area (Å²) >= 11 is 0. The van der Waals surface area contributed by atoms with Crippen LogP contribution in [-0.4, -0.2) is 56.6 Å². The van der Waals surface area contributed by atoms with Crippen LogP contribution in [-0.2, 0) is 6.42 Å². The number of hydrogen-bond donors (Lipinski definition) is 1. The molecule has 5 aromatic rings. The molecule has 10 nitrogen and oxygen atoms in total. The van der Waals surface area contributed by atoms with Gasteiger partial charge < -0.3 is 24.1 Å². The topological polar surface area (TPSA) is 97.1 Å². The van der Waals surface area contributed by atoms with Crippen LogP contribution >= 0.6 is 0 Å². The summed E-state index contributed by atoms with van der Waals surface area (Å²) in [6.45, 7) is 9.98. The SMILES string of the molecule is CCc1cn2cccc(N(C(=O)Oc3c(C)cccc3C)c3ccnc(Nc4cccc(OCCCN5CCCCC5)c4)n3)c2n1. The lowest BCUT2D eigenvalue weighted by Crippen LogP contribution is -2.31. The third-order valence-electron chi connectivity index (χ3n) is 8.19. The van der Waals surface area contributed by atoms with Crippen molar-refractivity contribution in [2.75, 3.05) is 36.5 Å². The Morgan fingerprint density at radius 2 is 1.78 bits per heavy atom. The van der Waals surface area contributed by atoms with Gasteiger partial charge in [0.15, 0.2) is 5.65 Å². The van der Waals surface area contributed by atoms with E-state index in [1.807, 2.05) is 92.2 Å². The Bertz CT molecular complexity index is 1780. The van der Waals surface area contributed by atoms with E-state index in [4.69, 9.17) is 19.4 Å². The van der Waals surface area contributed by atoms with E-state index < -0.39 is 6.09 Å². The van der Waals surface area contributed by atoms with E-state index in [1.165, 1.54) is 37.3 Å². The predicted molar refractivity (Wildman–Crippen MR) is 181 cm³/mol. The number of ether oxygens (including phenoxy) is 2. The zero-order valence-electron chi connectivity index (χ0n) is 26.8. The molecular weight excluding hydrogens is 578 g/mol. The molecule has 4 heterocycles. The highest BCUT2D eigenvalue weighted by molar-refractivity contribution is 6.00. The number of rotatable bonds is 11. The normalized spacial score (nSPS) is 13.5. The van der Waals surface area contributed by atoms with Gasteiger partial charge in [0.25, 0.3) is 0 Å². The molecule has 6 rings (SSSR count). The number of pyridine rings is 1. The summed E-state index contributed by atoms with van der Waals surface area (Å²) in [5.41, 5.74) is 4.57. The highest BCUT2D eigenvalue weighted by Crippen LogP contribution is 2.32. The van der Waals surface area contributed by atoms with Crippen LogP contribution in [0.1, 0.15) is 49.4 Å². The lowest BCUT2D eigenvalue weighted by Gasteiger charge is -2.26. The number of piperidine rings is 1. The molecule has 1 saturated heterocycles. The number of carbonyl (C=O) groups is 1. The number of aromatic nitrogens is 4. The molecule has 2 aromatic carbocycles. The van der Waals surface area contributed by atoms with E-state index in [2.05, 4.69) is 15.2 Å². The van der Waals surface area contributed by atoms with Gasteiger partial charge in [0.1, 0.15) is 17.3 Å². The first-order chi connectivity index (χ1) is 22.5. The van der Waals surface area contributed by atoms with Gasteiger partial charge >= 0.3 is 6.09 Å². The first-order valence-electron chi connectivity index (χ1n) is 16.1. The Kier molecular flexibility index (Phi) is 9.73. The molecule has 46 heavy (non-hydrogen) atoms. The Labute approximate surface area is 270 Å². The van der Waals surface area contributed by atoms with Crippen molar-refractivity contribution in [2.24, 2.45) is 0 Å². The van der Waals surface area contributed by atoms with Gasteiger partial charge in [-0.1, -0.05) is 37.6 Å². The van der Waals surface area contributed by atoms with E-state index in [-0.39, 0.29) is 0 Å². The van der Waals surface area contributed by atoms with Crippen LogP contribution in [0, 0.1) is 13.8 Å². The van der Waals surface area contributed by atoms with Gasteiger partial charge in [-0.25, -0.2) is 19.7 Å². The number of aryl methyl sites for hydroxylation is 3. The van der Waals surface area contributed by atoms with Crippen LogP contribution in [0.25, 0.3) is 5.65 Å². The number of amides is 1. The summed E-state index contributed by atoms with van der Waals surface area (Å²) in [6.07, 6.45) is 10.6. The number of para-hydroxylation sites is 1. The molecule has 1 N–H and O–H groups in total. The largest absolute Gasteiger partial charge is 0.493 e. The number of nitrogens with zero attached hydrogens (tertiary/aromatic N) is 6. The van der Waals surface area contributed by atoms with Gasteiger partial charge in [-0.15, -0.1) is 0 Å². The van der Waals surface area contributed by atoms with Crippen LogP contribution in [0.15, 0.2) is 79.3 Å². The number of benzene rings is 2. The Hall–Kier alpha value is -4.96. The lowest BCUT2D eigenvalue weighted by atomic mass is 10.1. The van der Waals surface area contributed by atoms with Crippen molar-refractivity contribution in [3.63, 3.8) is 0 Å². The third-order valence-corrected chi connectivity index (χ3v) is 8.19. The fourth-order valence-electron chi connectivity index (χ4n) is 5.79. The number of imidazole rings is 1. The second-order valence-electron chi connectivity index (χ2n) is 11.6. The van der Waals surface area contributed by atoms with Crippen molar-refractivity contribution in [3.05, 3.63) is 96.1 Å². The molecule has 0 atom stereocenters. The molecule has 238 valence electrons. The van der Waals surface area contributed by atoms with Gasteiger partial charge in [-0.05, 0) is 88.0 Å². The van der Waals surface area contributed by atoms with Crippen molar-refractivity contribution in [2.45, 2.75) is 52.9 Å². The minimum Gasteiger partial charge on any atom is -0.493 e. The molecule has 1 amide bonds. The van der Waals surface area contributed by atoms with Crippen molar-refractivity contribution in [1.29, 1.82) is 0 Å².